The number of fused-ring (bicyclic) bond motifs is 3. The van der Waals surface area contributed by atoms with Crippen molar-refractivity contribution in [3.8, 4) is 22.5 Å². The van der Waals surface area contributed by atoms with E-state index in [4.69, 9.17) is 22.2 Å². The third-order valence-corrected chi connectivity index (χ3v) is 8.43. The number of benzene rings is 2. The molecular formula is C41H49BN3O+. The highest BCUT2D eigenvalue weighted by atomic mass is 16.3. The molecule has 0 bridgehead atoms. The van der Waals surface area contributed by atoms with Crippen molar-refractivity contribution in [2.45, 2.75) is 93.9 Å². The number of rotatable bonds is 5. The molecular weight excluding hydrogens is 561 g/mol. The fourth-order valence-corrected chi connectivity index (χ4v) is 5.96. The van der Waals surface area contributed by atoms with E-state index in [9.17, 15) is 0 Å². The van der Waals surface area contributed by atoms with Gasteiger partial charge in [0.05, 0.1) is 19.1 Å². The van der Waals surface area contributed by atoms with Gasteiger partial charge < -0.3 is 4.42 Å². The van der Waals surface area contributed by atoms with E-state index < -0.39 is 10.9 Å². The van der Waals surface area contributed by atoms with Crippen molar-refractivity contribution in [2.24, 2.45) is 0 Å². The standard InChI is InChI=1S/C37H37BN3O.2C2H6/c1-22-9-13-29(31-16-10-23(2)21-39-31)30(19-22)37(7,8)41-18-17-26(36(5,6)38)20-32(41)33-24(3)11-14-27-28-15-12-25(4)40-35(28)42-34(27)33;2*1-2/h9-21H,1-8H3;2*1-2H3/q+1;;. The summed E-state index contributed by atoms with van der Waals surface area (Å²) >= 11 is 0. The lowest BCUT2D eigenvalue weighted by Crippen LogP contribution is -2.54. The Morgan fingerprint density at radius 1 is 0.739 bits per heavy atom. The summed E-state index contributed by atoms with van der Waals surface area (Å²) in [4.78, 5) is 9.53. The first kappa shape index (κ1) is 34.6. The van der Waals surface area contributed by atoms with Crippen molar-refractivity contribution in [3.05, 3.63) is 113 Å². The van der Waals surface area contributed by atoms with Gasteiger partial charge in [-0.15, -0.1) is 0 Å². The van der Waals surface area contributed by atoms with Gasteiger partial charge in [0.1, 0.15) is 0 Å². The smallest absolute Gasteiger partial charge is 0.227 e. The molecule has 6 rings (SSSR count). The summed E-state index contributed by atoms with van der Waals surface area (Å²) in [6.07, 6.45) is 4.11. The summed E-state index contributed by atoms with van der Waals surface area (Å²) < 4.78 is 8.92. The van der Waals surface area contributed by atoms with E-state index in [1.807, 2.05) is 60.7 Å². The van der Waals surface area contributed by atoms with Gasteiger partial charge in [0, 0.05) is 59.8 Å². The first-order valence-corrected chi connectivity index (χ1v) is 16.5. The Hall–Kier alpha value is -4.25. The number of aromatic nitrogens is 3. The van der Waals surface area contributed by atoms with E-state index in [-0.39, 0.29) is 0 Å². The summed E-state index contributed by atoms with van der Waals surface area (Å²) in [5.41, 5.74) is 11.8. The van der Waals surface area contributed by atoms with Crippen LogP contribution in [0.1, 0.15) is 88.9 Å². The van der Waals surface area contributed by atoms with Gasteiger partial charge >= 0.3 is 0 Å². The number of hydrogen-bond acceptors (Lipinski definition) is 3. The fourth-order valence-electron chi connectivity index (χ4n) is 5.96. The zero-order chi connectivity index (χ0) is 34.0. The number of pyridine rings is 3. The van der Waals surface area contributed by atoms with Gasteiger partial charge in [-0.05, 0) is 74.0 Å². The zero-order valence-corrected chi connectivity index (χ0v) is 29.8. The monoisotopic (exact) mass is 610 g/mol. The molecule has 2 aromatic carbocycles. The van der Waals surface area contributed by atoms with Crippen LogP contribution in [0, 0.1) is 27.7 Å². The van der Waals surface area contributed by atoms with Crippen LogP contribution in [0.3, 0.4) is 0 Å². The van der Waals surface area contributed by atoms with Gasteiger partial charge in [0.2, 0.25) is 11.4 Å². The van der Waals surface area contributed by atoms with Gasteiger partial charge in [0.25, 0.3) is 0 Å². The maximum Gasteiger partial charge on any atom is 0.227 e. The zero-order valence-electron chi connectivity index (χ0n) is 29.8. The molecule has 6 aromatic rings. The average molecular weight is 611 g/mol. The molecule has 0 spiro atoms. The van der Waals surface area contributed by atoms with Gasteiger partial charge in [-0.3, -0.25) is 4.98 Å². The fraction of sp³-hybridized carbons (Fsp3) is 0.341. The molecule has 0 aliphatic rings. The van der Waals surface area contributed by atoms with Crippen molar-refractivity contribution in [1.82, 2.24) is 9.97 Å². The van der Waals surface area contributed by atoms with Crippen molar-refractivity contribution < 1.29 is 8.98 Å². The molecule has 236 valence electrons. The van der Waals surface area contributed by atoms with Crippen LogP contribution in [0.4, 0.5) is 0 Å². The van der Waals surface area contributed by atoms with Gasteiger partial charge in [-0.2, -0.15) is 4.57 Å². The Morgan fingerprint density at radius 3 is 2.07 bits per heavy atom. The number of hydrogen-bond donors (Lipinski definition) is 0. The van der Waals surface area contributed by atoms with Crippen molar-refractivity contribution in [3.63, 3.8) is 0 Å². The van der Waals surface area contributed by atoms with E-state index in [1.54, 1.807) is 0 Å². The Kier molecular flexibility index (Phi) is 10.3. The molecule has 4 heterocycles. The minimum absolute atomic E-state index is 0.462. The lowest BCUT2D eigenvalue weighted by Gasteiger charge is -2.27. The second-order valence-corrected chi connectivity index (χ2v) is 12.8. The molecule has 0 aliphatic carbocycles. The summed E-state index contributed by atoms with van der Waals surface area (Å²) in [7, 11) is 6.68. The molecule has 0 unspecified atom stereocenters. The lowest BCUT2D eigenvalue weighted by molar-refractivity contribution is -0.737. The Bertz CT molecular complexity index is 1980. The van der Waals surface area contributed by atoms with Crippen LogP contribution in [0.2, 0.25) is 0 Å². The van der Waals surface area contributed by atoms with Gasteiger partial charge in [-0.25, -0.2) is 4.98 Å². The van der Waals surface area contributed by atoms with Crippen LogP contribution in [0.5, 0.6) is 0 Å². The molecule has 0 aliphatic heterocycles. The maximum atomic E-state index is 6.68. The third kappa shape index (κ3) is 6.51. The van der Waals surface area contributed by atoms with E-state index in [0.717, 1.165) is 61.3 Å². The van der Waals surface area contributed by atoms with Crippen molar-refractivity contribution in [2.75, 3.05) is 0 Å². The topological polar surface area (TPSA) is 42.8 Å². The summed E-state index contributed by atoms with van der Waals surface area (Å²) in [6.45, 7) is 25.0. The van der Waals surface area contributed by atoms with Crippen LogP contribution in [0.15, 0.2) is 83.5 Å². The minimum atomic E-state index is -0.521. The molecule has 0 fully saturated rings. The second-order valence-electron chi connectivity index (χ2n) is 12.8. The second kappa shape index (κ2) is 13.6. The molecule has 0 amide bonds. The molecule has 0 N–H and O–H groups in total. The van der Waals surface area contributed by atoms with Crippen LogP contribution < -0.4 is 4.57 Å². The van der Waals surface area contributed by atoms with Crippen molar-refractivity contribution >= 4 is 29.9 Å². The first-order chi connectivity index (χ1) is 21.8. The van der Waals surface area contributed by atoms with E-state index in [2.05, 4.69) is 106 Å². The molecule has 2 radical (unpaired) electrons. The highest BCUT2D eigenvalue weighted by Gasteiger charge is 2.38. The van der Waals surface area contributed by atoms with Crippen LogP contribution in [-0.4, -0.2) is 17.8 Å². The normalized spacial score (nSPS) is 11.6. The van der Waals surface area contributed by atoms with Gasteiger partial charge in [-0.1, -0.05) is 77.4 Å². The van der Waals surface area contributed by atoms with Crippen LogP contribution >= 0.6 is 0 Å². The molecule has 46 heavy (non-hydrogen) atoms. The lowest BCUT2D eigenvalue weighted by atomic mass is 9.67. The quantitative estimate of drug-likeness (QED) is 0.144. The number of aryl methyl sites for hydroxylation is 4. The molecule has 4 nitrogen and oxygen atoms in total. The summed E-state index contributed by atoms with van der Waals surface area (Å²) in [5, 5.41) is 1.55. The largest absolute Gasteiger partial charge is 0.437 e. The highest BCUT2D eigenvalue weighted by molar-refractivity contribution is 6.15. The van der Waals surface area contributed by atoms with E-state index in [0.29, 0.717) is 5.71 Å². The third-order valence-electron chi connectivity index (χ3n) is 8.43. The molecule has 0 saturated heterocycles. The van der Waals surface area contributed by atoms with E-state index in [1.165, 1.54) is 11.1 Å². The Labute approximate surface area is 277 Å². The number of nitrogens with zero attached hydrogens (tertiary/aromatic N) is 3. The number of furan rings is 1. The van der Waals surface area contributed by atoms with E-state index >= 15 is 0 Å². The predicted molar refractivity (Wildman–Crippen MR) is 196 cm³/mol. The van der Waals surface area contributed by atoms with Crippen LogP contribution in [0.25, 0.3) is 44.6 Å². The summed E-state index contributed by atoms with van der Waals surface area (Å²) in [5.74, 6) is 0. The Morgan fingerprint density at radius 2 is 1.41 bits per heavy atom. The molecule has 0 atom stereocenters. The SMILES string of the molecule is CC.CC.[B]C(C)(C)c1cc[n+](C(C)(C)c2cc(C)ccc2-c2ccc(C)cn2)c(-c2c(C)ccc3c2oc2nc(C)ccc23)c1. The predicted octanol–water partition coefficient (Wildman–Crippen LogP) is 10.5. The Balaban J connectivity index is 0.00000116. The molecule has 4 aromatic heterocycles. The van der Waals surface area contributed by atoms with Crippen LogP contribution in [-0.2, 0) is 10.9 Å². The average Bonchev–Trinajstić information content (AvgIpc) is 3.40. The van der Waals surface area contributed by atoms with Crippen molar-refractivity contribution in [1.29, 1.82) is 0 Å². The molecule has 0 saturated carbocycles. The first-order valence-electron chi connectivity index (χ1n) is 16.5. The highest BCUT2D eigenvalue weighted by Crippen LogP contribution is 2.39. The maximum absolute atomic E-state index is 6.68. The molecule has 5 heteroatoms. The van der Waals surface area contributed by atoms with Gasteiger partial charge in [0.15, 0.2) is 17.3 Å². The summed E-state index contributed by atoms with van der Waals surface area (Å²) in [6, 6.07) is 23.7. The minimum Gasteiger partial charge on any atom is -0.437 e.